The summed E-state index contributed by atoms with van der Waals surface area (Å²) in [6.07, 6.45) is 7.45. The number of hydrogen-bond donors (Lipinski definition) is 0. The van der Waals surface area contributed by atoms with Crippen LogP contribution in [0.2, 0.25) is 0 Å². The first-order chi connectivity index (χ1) is 15.7. The van der Waals surface area contributed by atoms with Gasteiger partial charge in [0.15, 0.2) is 0 Å². The summed E-state index contributed by atoms with van der Waals surface area (Å²) in [7, 11) is 0. The summed E-state index contributed by atoms with van der Waals surface area (Å²) in [6, 6.07) is 17.3. The van der Waals surface area contributed by atoms with Crippen LogP contribution in [0.1, 0.15) is 16.1 Å². The maximum Gasteiger partial charge on any atom is 0.272 e. The van der Waals surface area contributed by atoms with Crippen LogP contribution in [-0.4, -0.2) is 57.8 Å². The van der Waals surface area contributed by atoms with Crippen molar-refractivity contribution in [3.8, 4) is 11.1 Å². The molecule has 0 aliphatic carbocycles. The van der Waals surface area contributed by atoms with Crippen molar-refractivity contribution in [2.24, 2.45) is 5.92 Å². The van der Waals surface area contributed by atoms with Crippen LogP contribution >= 0.6 is 0 Å². The molecule has 2 amide bonds. The molecule has 0 saturated carbocycles. The normalized spacial score (nSPS) is 16.5. The second-order valence-electron chi connectivity index (χ2n) is 7.84. The molecule has 0 radical (unpaired) electrons. The number of nitrogens with zero attached hydrogens (tertiary/aromatic N) is 4. The first kappa shape index (κ1) is 21.4. The van der Waals surface area contributed by atoms with E-state index in [1.807, 2.05) is 42.6 Å². The number of carbonyl (C=O) groups is 2. The van der Waals surface area contributed by atoms with Gasteiger partial charge in [0, 0.05) is 50.3 Å². The number of aromatic nitrogens is 2. The number of rotatable bonds is 6. The quantitative estimate of drug-likeness (QED) is 0.566. The number of benzene rings is 1. The zero-order valence-corrected chi connectivity index (χ0v) is 17.9. The summed E-state index contributed by atoms with van der Waals surface area (Å²) >= 11 is 0. The van der Waals surface area contributed by atoms with Gasteiger partial charge in [0.05, 0.1) is 5.92 Å². The van der Waals surface area contributed by atoms with Gasteiger partial charge in [-0.1, -0.05) is 42.5 Å². The number of amides is 2. The highest BCUT2D eigenvalue weighted by Gasteiger charge is 2.33. The molecule has 1 aliphatic heterocycles. The summed E-state index contributed by atoms with van der Waals surface area (Å²) in [5.74, 6) is -0.463. The van der Waals surface area contributed by atoms with Crippen LogP contribution in [-0.2, 0) is 11.2 Å². The van der Waals surface area contributed by atoms with Crippen LogP contribution < -0.4 is 0 Å². The zero-order valence-electron chi connectivity index (χ0n) is 17.9. The molecule has 2 aromatic heterocycles. The van der Waals surface area contributed by atoms with Gasteiger partial charge < -0.3 is 9.80 Å². The highest BCUT2D eigenvalue weighted by Crippen LogP contribution is 2.27. The van der Waals surface area contributed by atoms with Crippen molar-refractivity contribution >= 4 is 11.8 Å². The van der Waals surface area contributed by atoms with E-state index in [2.05, 4.69) is 16.5 Å². The van der Waals surface area contributed by atoms with Crippen molar-refractivity contribution in [1.29, 1.82) is 0 Å². The molecule has 1 atom stereocenters. The molecule has 0 N–H and O–H groups in total. The Bertz CT molecular complexity index is 1090. The van der Waals surface area contributed by atoms with Crippen molar-refractivity contribution in [1.82, 2.24) is 19.8 Å². The summed E-state index contributed by atoms with van der Waals surface area (Å²) in [6.45, 7) is 5.55. The van der Waals surface area contributed by atoms with Crippen molar-refractivity contribution in [2.75, 3.05) is 26.2 Å². The van der Waals surface area contributed by atoms with Gasteiger partial charge in [-0.25, -0.2) is 0 Å². The fourth-order valence-corrected chi connectivity index (χ4v) is 4.14. The van der Waals surface area contributed by atoms with Gasteiger partial charge in [0.1, 0.15) is 5.69 Å². The Morgan fingerprint density at radius 1 is 1.06 bits per heavy atom. The van der Waals surface area contributed by atoms with Crippen LogP contribution in [0, 0.1) is 5.92 Å². The molecule has 6 heteroatoms. The van der Waals surface area contributed by atoms with Crippen molar-refractivity contribution in [3.05, 3.63) is 97.1 Å². The molecule has 1 fully saturated rings. The van der Waals surface area contributed by atoms with E-state index in [9.17, 15) is 9.59 Å². The van der Waals surface area contributed by atoms with Crippen molar-refractivity contribution in [2.45, 2.75) is 6.42 Å². The molecule has 3 aromatic rings. The molecule has 162 valence electrons. The third-order valence-corrected chi connectivity index (χ3v) is 5.72. The highest BCUT2D eigenvalue weighted by atomic mass is 16.2. The lowest BCUT2D eigenvalue weighted by atomic mass is 9.91. The van der Waals surface area contributed by atoms with E-state index >= 15 is 0 Å². The van der Waals surface area contributed by atoms with Crippen LogP contribution in [0.3, 0.4) is 0 Å². The maximum atomic E-state index is 13.4. The van der Waals surface area contributed by atoms with Crippen molar-refractivity contribution in [3.63, 3.8) is 0 Å². The predicted molar refractivity (Wildman–Crippen MR) is 124 cm³/mol. The second kappa shape index (κ2) is 10.0. The monoisotopic (exact) mass is 426 g/mol. The van der Waals surface area contributed by atoms with E-state index in [0.29, 0.717) is 38.3 Å². The Morgan fingerprint density at radius 3 is 2.66 bits per heavy atom. The van der Waals surface area contributed by atoms with Crippen LogP contribution in [0.5, 0.6) is 0 Å². The molecule has 4 rings (SSSR count). The minimum absolute atomic E-state index is 0.0437. The first-order valence-electron chi connectivity index (χ1n) is 10.8. The average molecular weight is 427 g/mol. The largest absolute Gasteiger partial charge is 0.337 e. The topological polar surface area (TPSA) is 66.4 Å². The molecule has 1 aliphatic rings. The molecule has 0 bridgehead atoms. The van der Waals surface area contributed by atoms with Gasteiger partial charge in [-0.3, -0.25) is 19.6 Å². The highest BCUT2D eigenvalue weighted by molar-refractivity contribution is 5.93. The standard InChI is InChI=1S/C26H26N4O2/c1-2-14-29-15-16-30(26(32)24-11-5-6-13-28-24)19-22(25(29)31)17-20-8-3-4-10-23(20)21-9-7-12-27-18-21/h2-13,18,22H,1,14-17,19H2/t22-/m0/s1. The molecular weight excluding hydrogens is 400 g/mol. The molecule has 1 aromatic carbocycles. The smallest absolute Gasteiger partial charge is 0.272 e. The van der Waals surface area contributed by atoms with Crippen LogP contribution in [0.25, 0.3) is 11.1 Å². The lowest BCUT2D eigenvalue weighted by Gasteiger charge is -2.24. The molecule has 1 saturated heterocycles. The molecular formula is C26H26N4O2. The van der Waals surface area contributed by atoms with E-state index in [-0.39, 0.29) is 17.7 Å². The summed E-state index contributed by atoms with van der Waals surface area (Å²) in [4.78, 5) is 38.5. The Labute approximate surface area is 188 Å². The Balaban J connectivity index is 1.64. The third-order valence-electron chi connectivity index (χ3n) is 5.72. The fraction of sp³-hybridized carbons (Fsp3) is 0.231. The van der Waals surface area contributed by atoms with Gasteiger partial charge in [-0.15, -0.1) is 6.58 Å². The van der Waals surface area contributed by atoms with Crippen molar-refractivity contribution < 1.29 is 9.59 Å². The Hall–Kier alpha value is -3.80. The molecule has 3 heterocycles. The van der Waals surface area contributed by atoms with Gasteiger partial charge in [0.2, 0.25) is 5.91 Å². The summed E-state index contributed by atoms with van der Waals surface area (Å²) in [5.41, 5.74) is 3.51. The third kappa shape index (κ3) is 4.75. The number of hydrogen-bond acceptors (Lipinski definition) is 4. The van der Waals surface area contributed by atoms with Gasteiger partial charge in [0.25, 0.3) is 5.91 Å². The fourth-order valence-electron chi connectivity index (χ4n) is 4.14. The average Bonchev–Trinajstić information content (AvgIpc) is 3.00. The minimum Gasteiger partial charge on any atom is -0.337 e. The Kier molecular flexibility index (Phi) is 6.70. The molecule has 6 nitrogen and oxygen atoms in total. The lowest BCUT2D eigenvalue weighted by Crippen LogP contribution is -2.38. The number of pyridine rings is 2. The van der Waals surface area contributed by atoms with Gasteiger partial charge >= 0.3 is 0 Å². The summed E-state index contributed by atoms with van der Waals surface area (Å²) in [5, 5.41) is 0. The second-order valence-corrected chi connectivity index (χ2v) is 7.84. The SMILES string of the molecule is C=CCN1CCN(C(=O)c2ccccn2)C[C@H](Cc2ccccc2-c2cccnc2)C1=O. The van der Waals surface area contributed by atoms with Gasteiger partial charge in [-0.05, 0) is 35.7 Å². The molecule has 32 heavy (non-hydrogen) atoms. The predicted octanol–water partition coefficient (Wildman–Crippen LogP) is 3.47. The first-order valence-corrected chi connectivity index (χ1v) is 10.8. The maximum absolute atomic E-state index is 13.4. The molecule has 0 spiro atoms. The lowest BCUT2D eigenvalue weighted by molar-refractivity contribution is -0.134. The van der Waals surface area contributed by atoms with Crippen LogP contribution in [0.4, 0.5) is 0 Å². The van der Waals surface area contributed by atoms with Gasteiger partial charge in [-0.2, -0.15) is 0 Å². The number of carbonyl (C=O) groups excluding carboxylic acids is 2. The summed E-state index contributed by atoms with van der Waals surface area (Å²) < 4.78 is 0. The zero-order chi connectivity index (χ0) is 22.3. The molecule has 0 unspecified atom stereocenters. The van der Waals surface area contributed by atoms with E-state index in [0.717, 1.165) is 16.7 Å². The minimum atomic E-state index is -0.358. The van der Waals surface area contributed by atoms with E-state index in [4.69, 9.17) is 0 Å². The Morgan fingerprint density at radius 2 is 1.91 bits per heavy atom. The van der Waals surface area contributed by atoms with Crippen LogP contribution in [0.15, 0.2) is 85.8 Å². The van der Waals surface area contributed by atoms with E-state index in [1.54, 1.807) is 46.5 Å². The van der Waals surface area contributed by atoms with E-state index in [1.165, 1.54) is 0 Å². The van der Waals surface area contributed by atoms with E-state index < -0.39 is 0 Å².